The molecule has 0 atom stereocenters. The summed E-state index contributed by atoms with van der Waals surface area (Å²) in [5.74, 6) is -1.30. The Hall–Kier alpha value is -2.10. The van der Waals surface area contributed by atoms with Gasteiger partial charge < -0.3 is 9.67 Å². The van der Waals surface area contributed by atoms with Crippen molar-refractivity contribution in [2.45, 2.75) is 20.8 Å². The zero-order chi connectivity index (χ0) is 13.4. The molecule has 0 aliphatic carbocycles. The van der Waals surface area contributed by atoms with Crippen molar-refractivity contribution in [3.63, 3.8) is 0 Å². The highest BCUT2D eigenvalue weighted by molar-refractivity contribution is 5.89. The van der Waals surface area contributed by atoms with Crippen LogP contribution in [0, 0.1) is 26.6 Å². The summed E-state index contributed by atoms with van der Waals surface area (Å²) in [6.45, 7) is 5.40. The van der Waals surface area contributed by atoms with E-state index in [1.165, 1.54) is 12.1 Å². The molecule has 0 spiro atoms. The van der Waals surface area contributed by atoms with E-state index < -0.39 is 5.97 Å². The van der Waals surface area contributed by atoms with E-state index in [1.54, 1.807) is 23.6 Å². The molecule has 94 valence electrons. The molecule has 0 amide bonds. The molecule has 0 fully saturated rings. The van der Waals surface area contributed by atoms with Crippen LogP contribution >= 0.6 is 0 Å². The summed E-state index contributed by atoms with van der Waals surface area (Å²) in [6, 6.07) is 6.10. The maximum absolute atomic E-state index is 13.3. The van der Waals surface area contributed by atoms with E-state index in [9.17, 15) is 9.18 Å². The van der Waals surface area contributed by atoms with E-state index in [0.717, 1.165) is 11.3 Å². The van der Waals surface area contributed by atoms with Crippen molar-refractivity contribution in [2.75, 3.05) is 0 Å². The van der Waals surface area contributed by atoms with E-state index in [1.807, 2.05) is 13.8 Å². The zero-order valence-corrected chi connectivity index (χ0v) is 10.5. The topological polar surface area (TPSA) is 42.2 Å². The number of carboxylic acids is 1. The van der Waals surface area contributed by atoms with E-state index >= 15 is 0 Å². The molecule has 3 nitrogen and oxygen atoms in total. The highest BCUT2D eigenvalue weighted by atomic mass is 19.1. The van der Waals surface area contributed by atoms with Gasteiger partial charge in [-0.3, -0.25) is 0 Å². The number of benzene rings is 1. The Bertz CT molecular complexity index is 629. The maximum Gasteiger partial charge on any atom is 0.337 e. The van der Waals surface area contributed by atoms with Gasteiger partial charge in [0.1, 0.15) is 5.82 Å². The van der Waals surface area contributed by atoms with E-state index in [4.69, 9.17) is 5.11 Å². The van der Waals surface area contributed by atoms with Crippen LogP contribution in [0.25, 0.3) is 5.69 Å². The molecule has 0 saturated heterocycles. The lowest BCUT2D eigenvalue weighted by atomic mass is 10.2. The Labute approximate surface area is 104 Å². The molecule has 1 aromatic carbocycles. The van der Waals surface area contributed by atoms with Gasteiger partial charge in [0.25, 0.3) is 0 Å². The first-order valence-electron chi connectivity index (χ1n) is 5.60. The average molecular weight is 247 g/mol. The quantitative estimate of drug-likeness (QED) is 0.885. The van der Waals surface area contributed by atoms with Crippen LogP contribution in [0.5, 0.6) is 0 Å². The molecule has 1 N–H and O–H groups in total. The van der Waals surface area contributed by atoms with Gasteiger partial charge in [0.2, 0.25) is 0 Å². The first-order valence-corrected chi connectivity index (χ1v) is 5.60. The molecule has 0 bridgehead atoms. The number of aryl methyl sites for hydroxylation is 2. The van der Waals surface area contributed by atoms with Crippen molar-refractivity contribution >= 4 is 5.97 Å². The predicted molar refractivity (Wildman–Crippen MR) is 66.9 cm³/mol. The van der Waals surface area contributed by atoms with Gasteiger partial charge in [-0.25, -0.2) is 9.18 Å². The number of halogens is 1. The van der Waals surface area contributed by atoms with Crippen LogP contribution in [0.4, 0.5) is 4.39 Å². The number of nitrogens with zero attached hydrogens (tertiary/aromatic N) is 1. The van der Waals surface area contributed by atoms with Crippen LogP contribution in [-0.4, -0.2) is 15.6 Å². The Morgan fingerprint density at radius 1 is 1.22 bits per heavy atom. The number of rotatable bonds is 2. The molecule has 1 aromatic heterocycles. The summed E-state index contributed by atoms with van der Waals surface area (Å²) in [6.07, 6.45) is 0. The third-order valence-corrected chi connectivity index (χ3v) is 3.07. The van der Waals surface area contributed by atoms with Gasteiger partial charge >= 0.3 is 5.97 Å². The van der Waals surface area contributed by atoms with Crippen molar-refractivity contribution < 1.29 is 14.3 Å². The maximum atomic E-state index is 13.3. The Morgan fingerprint density at radius 2 is 1.89 bits per heavy atom. The molecule has 0 radical (unpaired) electrons. The lowest BCUT2D eigenvalue weighted by Gasteiger charge is -2.12. The third-order valence-electron chi connectivity index (χ3n) is 3.07. The van der Waals surface area contributed by atoms with E-state index in [-0.39, 0.29) is 11.4 Å². The van der Waals surface area contributed by atoms with Crippen molar-refractivity contribution in [3.05, 3.63) is 52.6 Å². The molecule has 0 aliphatic rings. The van der Waals surface area contributed by atoms with Gasteiger partial charge in [-0.2, -0.15) is 0 Å². The molecule has 4 heteroatoms. The molecular weight excluding hydrogens is 233 g/mol. The highest BCUT2D eigenvalue weighted by Gasteiger charge is 2.16. The minimum absolute atomic E-state index is 0.246. The molecule has 1 heterocycles. The van der Waals surface area contributed by atoms with Crippen LogP contribution in [0.1, 0.15) is 27.3 Å². The number of aromatic carboxylic acids is 1. The largest absolute Gasteiger partial charge is 0.478 e. The Morgan fingerprint density at radius 3 is 2.44 bits per heavy atom. The lowest BCUT2D eigenvalue weighted by Crippen LogP contribution is -2.04. The van der Waals surface area contributed by atoms with Gasteiger partial charge in [0.15, 0.2) is 0 Å². The Balaban J connectivity index is 2.71. The molecule has 18 heavy (non-hydrogen) atoms. The van der Waals surface area contributed by atoms with E-state index in [2.05, 4.69) is 0 Å². The second kappa shape index (κ2) is 4.29. The fourth-order valence-corrected chi connectivity index (χ4v) is 2.17. The monoisotopic (exact) mass is 247 g/mol. The predicted octanol–water partition coefficient (Wildman–Crippen LogP) is 3.24. The van der Waals surface area contributed by atoms with Gasteiger partial charge in [-0.15, -0.1) is 0 Å². The van der Waals surface area contributed by atoms with Crippen LogP contribution in [0.3, 0.4) is 0 Å². The minimum atomic E-state index is -0.969. The summed E-state index contributed by atoms with van der Waals surface area (Å²) < 4.78 is 15.1. The molecule has 0 aliphatic heterocycles. The molecule has 2 aromatic rings. The molecule has 0 saturated carbocycles. The number of carbonyl (C=O) groups is 1. The van der Waals surface area contributed by atoms with Crippen LogP contribution in [0.15, 0.2) is 24.3 Å². The number of hydrogen-bond donors (Lipinski definition) is 1. The van der Waals surface area contributed by atoms with E-state index in [0.29, 0.717) is 11.4 Å². The summed E-state index contributed by atoms with van der Waals surface area (Å²) in [5, 5.41) is 9.09. The smallest absolute Gasteiger partial charge is 0.337 e. The molecule has 0 unspecified atom stereocenters. The van der Waals surface area contributed by atoms with Crippen molar-refractivity contribution in [2.24, 2.45) is 0 Å². The van der Waals surface area contributed by atoms with Gasteiger partial charge in [0, 0.05) is 11.4 Å². The number of aromatic nitrogens is 1. The van der Waals surface area contributed by atoms with Crippen LogP contribution in [-0.2, 0) is 0 Å². The summed E-state index contributed by atoms with van der Waals surface area (Å²) >= 11 is 0. The normalized spacial score (nSPS) is 10.7. The van der Waals surface area contributed by atoms with Crippen LogP contribution in [0.2, 0.25) is 0 Å². The fraction of sp³-hybridized carbons (Fsp3) is 0.214. The average Bonchev–Trinajstić information content (AvgIpc) is 2.58. The Kier molecular flexibility index (Phi) is 2.95. The number of carboxylic acid groups (broad SMARTS) is 1. The third kappa shape index (κ3) is 1.90. The fourth-order valence-electron chi connectivity index (χ4n) is 2.17. The molecular formula is C14H14FNO2. The first kappa shape index (κ1) is 12.4. The van der Waals surface area contributed by atoms with Crippen molar-refractivity contribution in [1.29, 1.82) is 0 Å². The first-order chi connectivity index (χ1) is 8.41. The minimum Gasteiger partial charge on any atom is -0.478 e. The zero-order valence-electron chi connectivity index (χ0n) is 10.5. The SMILES string of the molecule is Cc1ccc(F)cc1-n1c(C)cc(C(=O)O)c1C. The summed E-state index contributed by atoms with van der Waals surface area (Å²) in [5.41, 5.74) is 3.20. The summed E-state index contributed by atoms with van der Waals surface area (Å²) in [7, 11) is 0. The summed E-state index contributed by atoms with van der Waals surface area (Å²) in [4.78, 5) is 11.1. The second-order valence-corrected chi connectivity index (χ2v) is 4.36. The van der Waals surface area contributed by atoms with Crippen molar-refractivity contribution in [1.82, 2.24) is 4.57 Å². The highest BCUT2D eigenvalue weighted by Crippen LogP contribution is 2.23. The van der Waals surface area contributed by atoms with Crippen molar-refractivity contribution in [3.8, 4) is 5.69 Å². The number of hydrogen-bond acceptors (Lipinski definition) is 1. The standard InChI is InChI=1S/C14H14FNO2/c1-8-4-5-11(15)7-13(8)16-9(2)6-12(10(16)3)14(17)18/h4-7H,1-3H3,(H,17,18). The van der Waals surface area contributed by atoms with Gasteiger partial charge in [-0.1, -0.05) is 6.07 Å². The lowest BCUT2D eigenvalue weighted by molar-refractivity contribution is 0.0696. The van der Waals surface area contributed by atoms with Gasteiger partial charge in [0.05, 0.1) is 11.3 Å². The van der Waals surface area contributed by atoms with Crippen LogP contribution < -0.4 is 0 Å². The molecule has 2 rings (SSSR count). The second-order valence-electron chi connectivity index (χ2n) is 4.36. The van der Waals surface area contributed by atoms with Gasteiger partial charge in [-0.05, 0) is 44.5 Å².